The number of aromatic nitrogens is 1. The van der Waals surface area contributed by atoms with E-state index in [1.807, 2.05) is 23.5 Å². The van der Waals surface area contributed by atoms with Crippen LogP contribution in [0.15, 0.2) is 24.3 Å². The number of hydrogen-bond acceptors (Lipinski definition) is 3. The molecule has 0 unspecified atom stereocenters. The van der Waals surface area contributed by atoms with Crippen LogP contribution in [0.25, 0.3) is 10.6 Å². The lowest BCUT2D eigenvalue weighted by molar-refractivity contribution is 0.475. The zero-order chi connectivity index (χ0) is 11.7. The Morgan fingerprint density at radius 3 is 2.59 bits per heavy atom. The molecule has 0 atom stereocenters. The summed E-state index contributed by atoms with van der Waals surface area (Å²) in [6.45, 7) is 0. The van der Waals surface area contributed by atoms with Crippen molar-refractivity contribution in [3.8, 4) is 16.3 Å². The molecule has 2 nitrogen and oxygen atoms in total. The highest BCUT2D eigenvalue weighted by Gasteiger charge is 2.14. The molecule has 3 heteroatoms. The number of rotatable bonds is 1. The molecule has 0 aliphatic heterocycles. The molecule has 1 aromatic carbocycles. The Labute approximate surface area is 105 Å². The van der Waals surface area contributed by atoms with Crippen molar-refractivity contribution in [2.75, 3.05) is 0 Å². The zero-order valence-electron chi connectivity index (χ0n) is 9.65. The molecule has 1 aliphatic carbocycles. The second-order valence-corrected chi connectivity index (χ2v) is 5.58. The molecule has 0 bridgehead atoms. The summed E-state index contributed by atoms with van der Waals surface area (Å²) in [6, 6.07) is 7.32. The van der Waals surface area contributed by atoms with Crippen molar-refractivity contribution in [3.05, 3.63) is 34.8 Å². The van der Waals surface area contributed by atoms with Gasteiger partial charge in [-0.3, -0.25) is 0 Å². The van der Waals surface area contributed by atoms with Crippen molar-refractivity contribution in [3.63, 3.8) is 0 Å². The number of thiazole rings is 1. The molecule has 1 N–H and O–H groups in total. The van der Waals surface area contributed by atoms with Crippen molar-refractivity contribution >= 4 is 11.3 Å². The molecule has 17 heavy (non-hydrogen) atoms. The van der Waals surface area contributed by atoms with Crippen LogP contribution in [-0.2, 0) is 12.8 Å². The Hall–Kier alpha value is -1.35. The fraction of sp³-hybridized carbons (Fsp3) is 0.357. The number of aryl methyl sites for hydroxylation is 2. The number of phenols is 1. The van der Waals surface area contributed by atoms with E-state index in [-0.39, 0.29) is 0 Å². The molecule has 0 fully saturated rings. The normalized spacial score (nSPS) is 15.3. The van der Waals surface area contributed by atoms with Crippen LogP contribution in [0.2, 0.25) is 0 Å². The van der Waals surface area contributed by atoms with E-state index in [2.05, 4.69) is 0 Å². The Bertz CT molecular complexity index is 492. The monoisotopic (exact) mass is 245 g/mol. The van der Waals surface area contributed by atoms with Crippen molar-refractivity contribution < 1.29 is 5.11 Å². The van der Waals surface area contributed by atoms with E-state index in [4.69, 9.17) is 4.98 Å². The molecule has 1 heterocycles. The van der Waals surface area contributed by atoms with Gasteiger partial charge in [-0.05, 0) is 49.9 Å². The second kappa shape index (κ2) is 4.49. The van der Waals surface area contributed by atoms with Gasteiger partial charge in [-0.25, -0.2) is 4.98 Å². The summed E-state index contributed by atoms with van der Waals surface area (Å²) < 4.78 is 0. The van der Waals surface area contributed by atoms with Crippen LogP contribution in [0.4, 0.5) is 0 Å². The van der Waals surface area contributed by atoms with E-state index in [1.165, 1.54) is 36.3 Å². The van der Waals surface area contributed by atoms with Gasteiger partial charge in [0.25, 0.3) is 0 Å². The number of nitrogens with zero attached hydrogens (tertiary/aromatic N) is 1. The predicted octanol–water partition coefficient (Wildman–Crippen LogP) is 3.78. The first-order valence-electron chi connectivity index (χ1n) is 6.11. The molecule has 2 aromatic rings. The maximum absolute atomic E-state index is 9.29. The largest absolute Gasteiger partial charge is 0.508 e. The average Bonchev–Trinajstić information content (AvgIpc) is 2.62. The standard InChI is InChI=1S/C14H15NOS/c16-11-8-6-10(7-9-11)14-15-12-4-2-1-3-5-13(12)17-14/h6-9,16H,1-5H2. The maximum Gasteiger partial charge on any atom is 0.123 e. The topological polar surface area (TPSA) is 33.1 Å². The fourth-order valence-corrected chi connectivity index (χ4v) is 3.41. The summed E-state index contributed by atoms with van der Waals surface area (Å²) in [6.07, 6.45) is 6.21. The Morgan fingerprint density at radius 2 is 1.76 bits per heavy atom. The third-order valence-electron chi connectivity index (χ3n) is 3.21. The van der Waals surface area contributed by atoms with Crippen LogP contribution in [0, 0.1) is 0 Å². The van der Waals surface area contributed by atoms with E-state index in [0.717, 1.165) is 17.0 Å². The van der Waals surface area contributed by atoms with Gasteiger partial charge < -0.3 is 5.11 Å². The molecule has 0 amide bonds. The molecule has 0 saturated heterocycles. The lowest BCUT2D eigenvalue weighted by Crippen LogP contribution is -1.86. The smallest absolute Gasteiger partial charge is 0.123 e. The Morgan fingerprint density at radius 1 is 1.00 bits per heavy atom. The highest BCUT2D eigenvalue weighted by molar-refractivity contribution is 7.15. The summed E-state index contributed by atoms with van der Waals surface area (Å²) >= 11 is 1.81. The lowest BCUT2D eigenvalue weighted by atomic mass is 10.2. The molecule has 0 spiro atoms. The quantitative estimate of drug-likeness (QED) is 0.775. The SMILES string of the molecule is Oc1ccc(-c2nc3c(s2)CCCCC3)cc1. The number of phenolic OH excluding ortho intramolecular Hbond substituents is 1. The van der Waals surface area contributed by atoms with E-state index in [0.29, 0.717) is 5.75 Å². The van der Waals surface area contributed by atoms with Gasteiger partial charge in [0.15, 0.2) is 0 Å². The number of aromatic hydroxyl groups is 1. The molecule has 1 aliphatic rings. The first kappa shape index (κ1) is 10.8. The summed E-state index contributed by atoms with van der Waals surface area (Å²) in [7, 11) is 0. The highest BCUT2D eigenvalue weighted by atomic mass is 32.1. The van der Waals surface area contributed by atoms with Crippen LogP contribution in [0.1, 0.15) is 29.8 Å². The maximum atomic E-state index is 9.29. The van der Waals surface area contributed by atoms with Gasteiger partial charge in [0, 0.05) is 10.4 Å². The van der Waals surface area contributed by atoms with Gasteiger partial charge in [-0.1, -0.05) is 6.42 Å². The van der Waals surface area contributed by atoms with Crippen LogP contribution in [0.5, 0.6) is 5.75 Å². The van der Waals surface area contributed by atoms with Gasteiger partial charge in [0.2, 0.25) is 0 Å². The van der Waals surface area contributed by atoms with Crippen LogP contribution in [0.3, 0.4) is 0 Å². The lowest BCUT2D eigenvalue weighted by Gasteiger charge is -1.96. The van der Waals surface area contributed by atoms with E-state index in [9.17, 15) is 5.11 Å². The van der Waals surface area contributed by atoms with Gasteiger partial charge in [0.05, 0.1) is 5.69 Å². The van der Waals surface area contributed by atoms with Gasteiger partial charge in [-0.2, -0.15) is 0 Å². The van der Waals surface area contributed by atoms with Crippen molar-refractivity contribution in [1.82, 2.24) is 4.98 Å². The van der Waals surface area contributed by atoms with Crippen LogP contribution in [-0.4, -0.2) is 10.1 Å². The van der Waals surface area contributed by atoms with Crippen molar-refractivity contribution in [2.24, 2.45) is 0 Å². The Kier molecular flexibility index (Phi) is 2.85. The highest BCUT2D eigenvalue weighted by Crippen LogP contribution is 2.32. The van der Waals surface area contributed by atoms with Gasteiger partial charge in [0.1, 0.15) is 10.8 Å². The first-order valence-corrected chi connectivity index (χ1v) is 6.92. The first-order chi connectivity index (χ1) is 8.33. The molecule has 3 rings (SSSR count). The van der Waals surface area contributed by atoms with E-state index in [1.54, 1.807) is 12.1 Å². The number of fused-ring (bicyclic) bond motifs is 1. The molecular weight excluding hydrogens is 230 g/mol. The average molecular weight is 245 g/mol. The molecular formula is C14H15NOS. The minimum Gasteiger partial charge on any atom is -0.508 e. The summed E-state index contributed by atoms with van der Waals surface area (Å²) in [5, 5.41) is 10.4. The molecule has 88 valence electrons. The van der Waals surface area contributed by atoms with Crippen molar-refractivity contribution in [2.45, 2.75) is 32.1 Å². The molecule has 0 radical (unpaired) electrons. The number of hydrogen-bond donors (Lipinski definition) is 1. The summed E-state index contributed by atoms with van der Waals surface area (Å²) in [4.78, 5) is 6.21. The van der Waals surface area contributed by atoms with Crippen molar-refractivity contribution in [1.29, 1.82) is 0 Å². The zero-order valence-corrected chi connectivity index (χ0v) is 10.5. The molecule has 0 saturated carbocycles. The Balaban J connectivity index is 1.96. The summed E-state index contributed by atoms with van der Waals surface area (Å²) in [5.74, 6) is 0.312. The summed E-state index contributed by atoms with van der Waals surface area (Å²) in [5.41, 5.74) is 2.41. The minimum atomic E-state index is 0.312. The van der Waals surface area contributed by atoms with Crippen LogP contribution < -0.4 is 0 Å². The third kappa shape index (κ3) is 2.20. The second-order valence-electron chi connectivity index (χ2n) is 4.50. The van der Waals surface area contributed by atoms with E-state index < -0.39 is 0 Å². The van der Waals surface area contributed by atoms with Crippen LogP contribution >= 0.6 is 11.3 Å². The number of benzene rings is 1. The predicted molar refractivity (Wildman–Crippen MR) is 70.5 cm³/mol. The van der Waals surface area contributed by atoms with E-state index >= 15 is 0 Å². The fourth-order valence-electron chi connectivity index (χ4n) is 2.26. The van der Waals surface area contributed by atoms with Gasteiger partial charge >= 0.3 is 0 Å². The molecule has 1 aromatic heterocycles. The van der Waals surface area contributed by atoms with Gasteiger partial charge in [-0.15, -0.1) is 11.3 Å². The third-order valence-corrected chi connectivity index (χ3v) is 4.42. The minimum absolute atomic E-state index is 0.312.